The molecule has 2 rings (SSSR count). The van der Waals surface area contributed by atoms with Gasteiger partial charge < -0.3 is 5.32 Å². The molecule has 0 aromatic heterocycles. The maximum Gasteiger partial charge on any atom is 0.240 e. The second kappa shape index (κ2) is 13.1. The first-order chi connectivity index (χ1) is 14.1. The molecule has 2 N–H and O–H groups in total. The summed E-state index contributed by atoms with van der Waals surface area (Å²) in [6, 6.07) is 7.64. The third-order valence-electron chi connectivity index (χ3n) is 5.65. The van der Waals surface area contributed by atoms with Crippen LogP contribution in [0.5, 0.6) is 0 Å². The van der Waals surface area contributed by atoms with Crippen molar-refractivity contribution >= 4 is 23.2 Å². The molecule has 0 heterocycles. The van der Waals surface area contributed by atoms with E-state index in [-0.39, 0.29) is 17.7 Å². The molecule has 1 aromatic rings. The monoisotopic (exact) mass is 399 g/mol. The van der Waals surface area contributed by atoms with Crippen LogP contribution in [0.1, 0.15) is 96.5 Å². The second-order valence-corrected chi connectivity index (χ2v) is 8.15. The summed E-state index contributed by atoms with van der Waals surface area (Å²) >= 11 is 0. The number of amides is 2. The Morgan fingerprint density at radius 2 is 1.62 bits per heavy atom. The fourth-order valence-electron chi connectivity index (χ4n) is 3.74. The van der Waals surface area contributed by atoms with E-state index in [1.807, 2.05) is 31.2 Å². The van der Waals surface area contributed by atoms with Gasteiger partial charge in [-0.1, -0.05) is 70.4 Å². The number of rotatable bonds is 11. The quantitative estimate of drug-likeness (QED) is 0.281. The lowest BCUT2D eigenvalue weighted by Gasteiger charge is -2.20. The Kier molecular flexibility index (Phi) is 10.5. The summed E-state index contributed by atoms with van der Waals surface area (Å²) in [4.78, 5) is 24.3. The van der Waals surface area contributed by atoms with Crippen molar-refractivity contribution < 1.29 is 9.59 Å². The van der Waals surface area contributed by atoms with Crippen LogP contribution in [-0.2, 0) is 9.59 Å². The molecule has 5 nitrogen and oxygen atoms in total. The topological polar surface area (TPSA) is 70.6 Å². The lowest BCUT2D eigenvalue weighted by atomic mass is 9.88. The molecule has 29 heavy (non-hydrogen) atoms. The molecule has 160 valence electrons. The van der Waals surface area contributed by atoms with Crippen LogP contribution in [-0.4, -0.2) is 17.5 Å². The minimum Gasteiger partial charge on any atom is -0.326 e. The number of anilines is 1. The summed E-state index contributed by atoms with van der Waals surface area (Å²) in [6.45, 7) is 4.08. The van der Waals surface area contributed by atoms with E-state index < -0.39 is 0 Å². The average Bonchev–Trinajstić information content (AvgIpc) is 2.75. The Balaban J connectivity index is 1.73. The van der Waals surface area contributed by atoms with Crippen LogP contribution >= 0.6 is 0 Å². The van der Waals surface area contributed by atoms with Gasteiger partial charge in [0.05, 0.1) is 5.71 Å². The number of hydrogen-bond acceptors (Lipinski definition) is 3. The standard InChI is InChI=1S/C24H37N3O2/c1-3-4-5-6-7-11-14-23(28)27-26-19(2)20-15-17-22(18-16-20)25-24(29)21-12-9-8-10-13-21/h15-18,21H,3-14H2,1-2H3,(H,25,29)(H,27,28)/b26-19+. The van der Waals surface area contributed by atoms with E-state index in [2.05, 4.69) is 22.8 Å². The van der Waals surface area contributed by atoms with Crippen LogP contribution in [0.25, 0.3) is 0 Å². The van der Waals surface area contributed by atoms with Crippen molar-refractivity contribution in [1.29, 1.82) is 0 Å². The van der Waals surface area contributed by atoms with Crippen molar-refractivity contribution in [3.8, 4) is 0 Å². The van der Waals surface area contributed by atoms with E-state index in [1.165, 1.54) is 32.1 Å². The number of hydrogen-bond donors (Lipinski definition) is 2. The van der Waals surface area contributed by atoms with Crippen molar-refractivity contribution in [3.05, 3.63) is 29.8 Å². The van der Waals surface area contributed by atoms with E-state index in [0.717, 1.165) is 55.5 Å². The number of benzene rings is 1. The Morgan fingerprint density at radius 1 is 0.966 bits per heavy atom. The molecule has 0 unspecified atom stereocenters. The summed E-state index contributed by atoms with van der Waals surface area (Å²) in [5.74, 6) is 0.245. The lowest BCUT2D eigenvalue weighted by Crippen LogP contribution is -2.24. The molecule has 1 saturated carbocycles. The molecule has 2 amide bonds. The molecule has 5 heteroatoms. The zero-order valence-electron chi connectivity index (χ0n) is 18.1. The highest BCUT2D eigenvalue weighted by Crippen LogP contribution is 2.25. The average molecular weight is 400 g/mol. The van der Waals surface area contributed by atoms with Crippen LogP contribution in [0, 0.1) is 5.92 Å². The fraction of sp³-hybridized carbons (Fsp3) is 0.625. The minimum absolute atomic E-state index is 0.0313. The predicted octanol–water partition coefficient (Wildman–Crippen LogP) is 5.80. The molecule has 0 atom stereocenters. The summed E-state index contributed by atoms with van der Waals surface area (Å²) in [5.41, 5.74) is 5.15. The summed E-state index contributed by atoms with van der Waals surface area (Å²) in [6.07, 6.45) is 13.0. The van der Waals surface area contributed by atoms with Crippen LogP contribution in [0.3, 0.4) is 0 Å². The molecular weight excluding hydrogens is 362 g/mol. The van der Waals surface area contributed by atoms with Crippen LogP contribution in [0.15, 0.2) is 29.4 Å². The van der Waals surface area contributed by atoms with Gasteiger partial charge in [0.2, 0.25) is 11.8 Å². The number of unbranched alkanes of at least 4 members (excludes halogenated alkanes) is 5. The summed E-state index contributed by atoms with van der Waals surface area (Å²) in [7, 11) is 0. The smallest absolute Gasteiger partial charge is 0.240 e. The van der Waals surface area contributed by atoms with Crippen LogP contribution in [0.4, 0.5) is 5.69 Å². The van der Waals surface area contributed by atoms with Gasteiger partial charge in [-0.15, -0.1) is 0 Å². The van der Waals surface area contributed by atoms with Gasteiger partial charge in [-0.2, -0.15) is 5.10 Å². The van der Waals surface area contributed by atoms with Crippen LogP contribution < -0.4 is 10.7 Å². The fourth-order valence-corrected chi connectivity index (χ4v) is 3.74. The molecule has 1 aliphatic rings. The van der Waals surface area contributed by atoms with E-state index in [9.17, 15) is 9.59 Å². The number of carbonyl (C=O) groups excluding carboxylic acids is 2. The van der Waals surface area contributed by atoms with E-state index in [4.69, 9.17) is 0 Å². The molecule has 0 bridgehead atoms. The predicted molar refractivity (Wildman–Crippen MR) is 120 cm³/mol. The largest absolute Gasteiger partial charge is 0.326 e. The van der Waals surface area contributed by atoms with Gasteiger partial charge in [0.25, 0.3) is 0 Å². The molecule has 0 saturated heterocycles. The van der Waals surface area contributed by atoms with Crippen LogP contribution in [0.2, 0.25) is 0 Å². The Labute approximate surface area is 175 Å². The van der Waals surface area contributed by atoms with Crippen molar-refractivity contribution in [1.82, 2.24) is 5.43 Å². The third-order valence-corrected chi connectivity index (χ3v) is 5.65. The van der Waals surface area contributed by atoms with Gasteiger partial charge in [0.15, 0.2) is 0 Å². The molecule has 0 spiro atoms. The Bertz CT molecular complexity index is 661. The maximum atomic E-state index is 12.3. The summed E-state index contributed by atoms with van der Waals surface area (Å²) in [5, 5.41) is 7.24. The van der Waals surface area contributed by atoms with Crippen molar-refractivity contribution in [3.63, 3.8) is 0 Å². The zero-order valence-corrected chi connectivity index (χ0v) is 18.1. The Hall–Kier alpha value is -2.17. The summed E-state index contributed by atoms with van der Waals surface area (Å²) < 4.78 is 0. The van der Waals surface area contributed by atoms with Gasteiger partial charge in [0.1, 0.15) is 0 Å². The first kappa shape index (κ1) is 23.1. The van der Waals surface area contributed by atoms with E-state index in [0.29, 0.717) is 6.42 Å². The number of nitrogens with one attached hydrogen (secondary N) is 2. The highest BCUT2D eigenvalue weighted by Gasteiger charge is 2.20. The second-order valence-electron chi connectivity index (χ2n) is 8.15. The third kappa shape index (κ3) is 8.80. The lowest BCUT2D eigenvalue weighted by molar-refractivity contribution is -0.121. The van der Waals surface area contributed by atoms with E-state index >= 15 is 0 Å². The molecular formula is C24H37N3O2. The minimum atomic E-state index is -0.0313. The normalized spacial score (nSPS) is 15.2. The Morgan fingerprint density at radius 3 is 2.31 bits per heavy atom. The molecule has 1 aromatic carbocycles. The first-order valence-corrected chi connectivity index (χ1v) is 11.3. The van der Waals surface area contributed by atoms with Gasteiger partial charge in [-0.3, -0.25) is 9.59 Å². The number of carbonyl (C=O) groups is 2. The maximum absolute atomic E-state index is 12.3. The van der Waals surface area contributed by atoms with Crippen molar-refractivity contribution in [2.75, 3.05) is 5.32 Å². The van der Waals surface area contributed by atoms with Gasteiger partial charge in [0, 0.05) is 18.0 Å². The number of hydrazone groups is 1. The molecule has 1 fully saturated rings. The molecule has 1 aliphatic carbocycles. The highest BCUT2D eigenvalue weighted by atomic mass is 16.2. The van der Waals surface area contributed by atoms with Gasteiger partial charge in [-0.05, 0) is 43.9 Å². The zero-order chi connectivity index (χ0) is 20.9. The molecule has 0 aliphatic heterocycles. The van der Waals surface area contributed by atoms with Gasteiger partial charge >= 0.3 is 0 Å². The SMILES string of the molecule is CCCCCCCCC(=O)N/N=C(\C)c1ccc(NC(=O)C2CCCCC2)cc1. The van der Waals surface area contributed by atoms with Crippen molar-refractivity contribution in [2.45, 2.75) is 90.9 Å². The highest BCUT2D eigenvalue weighted by molar-refractivity contribution is 6.00. The van der Waals surface area contributed by atoms with Crippen molar-refractivity contribution in [2.24, 2.45) is 11.0 Å². The van der Waals surface area contributed by atoms with Gasteiger partial charge in [-0.25, -0.2) is 5.43 Å². The van der Waals surface area contributed by atoms with E-state index in [1.54, 1.807) is 0 Å². The number of nitrogens with zero attached hydrogens (tertiary/aromatic N) is 1. The molecule has 0 radical (unpaired) electrons. The first-order valence-electron chi connectivity index (χ1n) is 11.3.